The molecule has 0 atom stereocenters. The summed E-state index contributed by atoms with van der Waals surface area (Å²) in [4.78, 5) is 0. The molecule has 0 N–H and O–H groups in total. The molecule has 0 radical (unpaired) electrons. The third kappa shape index (κ3) is 5.26. The number of hydrogen-bond acceptors (Lipinski definition) is 3. The molecule has 4 nitrogen and oxygen atoms in total. The number of unbranched alkanes of at least 4 members (excludes halogenated alkanes) is 3. The van der Waals surface area contributed by atoms with Crippen LogP contribution in [0.25, 0.3) is 0 Å². The highest BCUT2D eigenvalue weighted by Gasteiger charge is 1.99. The third-order valence-corrected chi connectivity index (χ3v) is 2.61. The van der Waals surface area contributed by atoms with Gasteiger partial charge in [-0.2, -0.15) is 0 Å². The van der Waals surface area contributed by atoms with Gasteiger partial charge >= 0.3 is 0 Å². The van der Waals surface area contributed by atoms with E-state index in [1.54, 1.807) is 7.11 Å². The summed E-state index contributed by atoms with van der Waals surface area (Å²) in [5.74, 6) is 0. The topological polar surface area (TPSA) is 39.9 Å². The van der Waals surface area contributed by atoms with Gasteiger partial charge in [0.25, 0.3) is 0 Å². The summed E-state index contributed by atoms with van der Waals surface area (Å²) < 4.78 is 6.96. The monoisotopic (exact) mass is 225 g/mol. The minimum Gasteiger partial charge on any atom is -0.385 e. The summed E-state index contributed by atoms with van der Waals surface area (Å²) in [5.41, 5.74) is 1.12. The maximum atomic E-state index is 5.01. The second kappa shape index (κ2) is 8.28. The zero-order valence-electron chi connectivity index (χ0n) is 10.5. The summed E-state index contributed by atoms with van der Waals surface area (Å²) in [6.07, 6.45) is 9.02. The molecular formula is C12H23N3O. The fourth-order valence-electron chi connectivity index (χ4n) is 1.62. The van der Waals surface area contributed by atoms with Crippen molar-refractivity contribution in [3.05, 3.63) is 11.9 Å². The van der Waals surface area contributed by atoms with E-state index in [9.17, 15) is 0 Å². The zero-order valence-corrected chi connectivity index (χ0v) is 10.5. The number of hydrogen-bond donors (Lipinski definition) is 0. The van der Waals surface area contributed by atoms with Crippen molar-refractivity contribution in [2.75, 3.05) is 13.7 Å². The fraction of sp³-hybridized carbons (Fsp3) is 0.833. The predicted octanol–water partition coefficient (Wildman–Crippen LogP) is 2.44. The minimum absolute atomic E-state index is 0.860. The van der Waals surface area contributed by atoms with Gasteiger partial charge in [-0.05, 0) is 32.1 Å². The first-order chi connectivity index (χ1) is 7.86. The summed E-state index contributed by atoms with van der Waals surface area (Å²) in [6, 6.07) is 0. The minimum atomic E-state index is 0.860. The highest BCUT2D eigenvalue weighted by Crippen LogP contribution is 2.03. The van der Waals surface area contributed by atoms with Crippen LogP contribution in [-0.2, 0) is 17.7 Å². The van der Waals surface area contributed by atoms with E-state index in [4.69, 9.17) is 4.74 Å². The molecule has 0 unspecified atom stereocenters. The maximum Gasteiger partial charge on any atom is 0.0827 e. The molecule has 0 saturated heterocycles. The van der Waals surface area contributed by atoms with Crippen molar-refractivity contribution in [3.63, 3.8) is 0 Å². The van der Waals surface area contributed by atoms with Crippen molar-refractivity contribution < 1.29 is 4.74 Å². The van der Waals surface area contributed by atoms with Gasteiger partial charge in [0.05, 0.1) is 5.69 Å². The van der Waals surface area contributed by atoms with Crippen molar-refractivity contribution in [3.8, 4) is 0 Å². The van der Waals surface area contributed by atoms with Crippen LogP contribution < -0.4 is 0 Å². The van der Waals surface area contributed by atoms with Gasteiger partial charge < -0.3 is 4.74 Å². The number of nitrogens with zero attached hydrogens (tertiary/aromatic N) is 3. The van der Waals surface area contributed by atoms with E-state index in [2.05, 4.69) is 23.4 Å². The van der Waals surface area contributed by atoms with E-state index >= 15 is 0 Å². The lowest BCUT2D eigenvalue weighted by Gasteiger charge is -2.00. The number of methoxy groups -OCH3 is 1. The summed E-state index contributed by atoms with van der Waals surface area (Å²) in [5, 5.41) is 8.28. The second-order valence-corrected chi connectivity index (χ2v) is 4.13. The van der Waals surface area contributed by atoms with Gasteiger partial charge in [-0.25, -0.2) is 0 Å². The van der Waals surface area contributed by atoms with Crippen LogP contribution >= 0.6 is 0 Å². The Morgan fingerprint density at radius 1 is 1.25 bits per heavy atom. The molecule has 0 aliphatic carbocycles. The van der Waals surface area contributed by atoms with Gasteiger partial charge in [-0.1, -0.05) is 18.6 Å². The Morgan fingerprint density at radius 2 is 2.12 bits per heavy atom. The van der Waals surface area contributed by atoms with E-state index in [1.807, 2.05) is 4.68 Å². The molecule has 92 valence electrons. The Bertz CT molecular complexity index is 273. The van der Waals surface area contributed by atoms with Gasteiger partial charge in [0.15, 0.2) is 0 Å². The van der Waals surface area contributed by atoms with Crippen LogP contribution in [0.1, 0.15) is 44.7 Å². The SMILES string of the molecule is CCCCc1cn(CCCCCOC)nn1. The molecule has 16 heavy (non-hydrogen) atoms. The average molecular weight is 225 g/mol. The van der Waals surface area contributed by atoms with Crippen LogP contribution in [0, 0.1) is 0 Å². The molecule has 1 aromatic heterocycles. The van der Waals surface area contributed by atoms with Crippen molar-refractivity contribution >= 4 is 0 Å². The highest BCUT2D eigenvalue weighted by molar-refractivity contribution is 4.91. The lowest BCUT2D eigenvalue weighted by atomic mass is 10.2. The molecule has 1 aromatic rings. The summed E-state index contributed by atoms with van der Waals surface area (Å²) in [7, 11) is 1.75. The van der Waals surface area contributed by atoms with Gasteiger partial charge in [-0.15, -0.1) is 5.10 Å². The second-order valence-electron chi connectivity index (χ2n) is 4.13. The van der Waals surface area contributed by atoms with Crippen molar-refractivity contribution in [1.29, 1.82) is 0 Å². The van der Waals surface area contributed by atoms with E-state index < -0.39 is 0 Å². The Labute approximate surface area is 98.0 Å². The van der Waals surface area contributed by atoms with E-state index in [-0.39, 0.29) is 0 Å². The number of rotatable bonds is 9. The van der Waals surface area contributed by atoms with Gasteiger partial charge in [0, 0.05) is 26.5 Å². The van der Waals surface area contributed by atoms with E-state index in [1.165, 1.54) is 19.3 Å². The Hall–Kier alpha value is -0.900. The number of aromatic nitrogens is 3. The number of ether oxygens (including phenoxy) is 1. The molecule has 0 fully saturated rings. The van der Waals surface area contributed by atoms with Crippen LogP contribution in [0.2, 0.25) is 0 Å². The first-order valence-corrected chi connectivity index (χ1v) is 6.24. The third-order valence-electron chi connectivity index (χ3n) is 2.61. The Balaban J connectivity index is 2.14. The average Bonchev–Trinajstić information content (AvgIpc) is 2.74. The maximum absolute atomic E-state index is 5.01. The van der Waals surface area contributed by atoms with Crippen LogP contribution in [0.3, 0.4) is 0 Å². The normalized spacial score (nSPS) is 10.9. The van der Waals surface area contributed by atoms with Crippen molar-refractivity contribution in [1.82, 2.24) is 15.0 Å². The lowest BCUT2D eigenvalue weighted by Crippen LogP contribution is -1.99. The fourth-order valence-corrected chi connectivity index (χ4v) is 1.62. The number of aryl methyl sites for hydroxylation is 2. The van der Waals surface area contributed by atoms with Crippen molar-refractivity contribution in [2.45, 2.75) is 52.0 Å². The smallest absolute Gasteiger partial charge is 0.0827 e. The highest BCUT2D eigenvalue weighted by atomic mass is 16.5. The first kappa shape index (κ1) is 13.2. The first-order valence-electron chi connectivity index (χ1n) is 6.24. The lowest BCUT2D eigenvalue weighted by molar-refractivity contribution is 0.191. The molecule has 0 amide bonds. The molecule has 0 aromatic carbocycles. The largest absolute Gasteiger partial charge is 0.385 e. The van der Waals surface area contributed by atoms with Crippen LogP contribution in [-0.4, -0.2) is 28.7 Å². The molecule has 0 spiro atoms. The molecule has 1 heterocycles. The van der Waals surface area contributed by atoms with E-state index in [0.29, 0.717) is 0 Å². The van der Waals surface area contributed by atoms with Crippen LogP contribution in [0.5, 0.6) is 0 Å². The molecule has 0 bridgehead atoms. The summed E-state index contributed by atoms with van der Waals surface area (Å²) >= 11 is 0. The molecule has 1 rings (SSSR count). The Morgan fingerprint density at radius 3 is 2.88 bits per heavy atom. The van der Waals surface area contributed by atoms with Gasteiger partial charge in [0.2, 0.25) is 0 Å². The van der Waals surface area contributed by atoms with E-state index in [0.717, 1.165) is 38.1 Å². The molecule has 0 aliphatic rings. The summed E-state index contributed by atoms with van der Waals surface area (Å²) in [6.45, 7) is 4.03. The van der Waals surface area contributed by atoms with Crippen LogP contribution in [0.15, 0.2) is 6.20 Å². The Kier molecular flexibility index (Phi) is 6.81. The zero-order chi connectivity index (χ0) is 11.6. The molecule has 4 heteroatoms. The predicted molar refractivity (Wildman–Crippen MR) is 64.4 cm³/mol. The standard InChI is InChI=1S/C12H23N3O/c1-3-4-8-12-11-15(14-13-12)9-6-5-7-10-16-2/h11H,3-10H2,1-2H3. The molecule has 0 saturated carbocycles. The van der Waals surface area contributed by atoms with Crippen LogP contribution in [0.4, 0.5) is 0 Å². The molecular weight excluding hydrogens is 202 g/mol. The van der Waals surface area contributed by atoms with Gasteiger partial charge in [-0.3, -0.25) is 4.68 Å². The van der Waals surface area contributed by atoms with Crippen molar-refractivity contribution in [2.24, 2.45) is 0 Å². The van der Waals surface area contributed by atoms with Gasteiger partial charge in [0.1, 0.15) is 0 Å². The quantitative estimate of drug-likeness (QED) is 0.606. The molecule has 0 aliphatic heterocycles.